The predicted molar refractivity (Wildman–Crippen MR) is 95.6 cm³/mol. The van der Waals surface area contributed by atoms with Crippen LogP contribution in [0.15, 0.2) is 35.3 Å². The van der Waals surface area contributed by atoms with Crippen molar-refractivity contribution < 1.29 is 0 Å². The zero-order chi connectivity index (χ0) is 15.9. The van der Waals surface area contributed by atoms with Crippen molar-refractivity contribution in [2.24, 2.45) is 4.99 Å². The molecule has 0 heterocycles. The topological polar surface area (TPSA) is 39.7 Å². The van der Waals surface area contributed by atoms with Crippen molar-refractivity contribution in [1.29, 1.82) is 0 Å². The average molecular weight is 300 g/mol. The first kappa shape index (κ1) is 16.4. The van der Waals surface area contributed by atoms with E-state index >= 15 is 0 Å². The van der Waals surface area contributed by atoms with Crippen molar-refractivity contribution in [3.8, 4) is 0 Å². The highest BCUT2D eigenvalue weighted by molar-refractivity contribution is 5.80. The molecule has 120 valence electrons. The summed E-state index contributed by atoms with van der Waals surface area (Å²) in [4.78, 5) is 6.86. The lowest BCUT2D eigenvalue weighted by molar-refractivity contribution is 0.633. The smallest absolute Gasteiger partial charge is 0.191 e. The molecule has 0 bridgehead atoms. The van der Waals surface area contributed by atoms with Crippen LogP contribution in [0, 0.1) is 6.92 Å². The van der Waals surface area contributed by atoms with Gasteiger partial charge in [-0.25, -0.2) is 4.99 Å². The zero-order valence-electron chi connectivity index (χ0n) is 14.2. The van der Waals surface area contributed by atoms with Gasteiger partial charge in [0.1, 0.15) is 0 Å². The van der Waals surface area contributed by atoms with Crippen LogP contribution in [0.4, 0.5) is 5.69 Å². The second-order valence-electron chi connectivity index (χ2n) is 5.98. The van der Waals surface area contributed by atoms with Crippen LogP contribution >= 0.6 is 0 Å². The van der Waals surface area contributed by atoms with E-state index in [1.807, 2.05) is 0 Å². The monoisotopic (exact) mass is 300 g/mol. The number of nitrogens with zero attached hydrogens (tertiary/aromatic N) is 2. The van der Waals surface area contributed by atoms with Crippen LogP contribution in [0.1, 0.15) is 30.9 Å². The Labute approximate surface area is 134 Å². The minimum atomic E-state index is 0.481. The largest absolute Gasteiger partial charge is 0.378 e. The Kier molecular flexibility index (Phi) is 5.87. The number of anilines is 1. The molecule has 1 aliphatic rings. The highest BCUT2D eigenvalue weighted by Crippen LogP contribution is 2.18. The third kappa shape index (κ3) is 4.52. The highest BCUT2D eigenvalue weighted by atomic mass is 15.2. The molecule has 4 heteroatoms. The van der Waals surface area contributed by atoms with Gasteiger partial charge in [0.05, 0.1) is 6.54 Å². The van der Waals surface area contributed by atoms with Gasteiger partial charge in [0.25, 0.3) is 0 Å². The SMILES string of the molecule is CCNC(=NCc1ccc(N(C)C)cc1C)NC1CC=CC1. The Morgan fingerprint density at radius 1 is 1.27 bits per heavy atom. The van der Waals surface area contributed by atoms with Crippen LogP contribution in [0.25, 0.3) is 0 Å². The second-order valence-corrected chi connectivity index (χ2v) is 5.98. The Bertz CT molecular complexity index is 538. The van der Waals surface area contributed by atoms with Crippen molar-refractivity contribution in [3.05, 3.63) is 41.5 Å². The molecule has 2 rings (SSSR count). The Morgan fingerprint density at radius 3 is 2.59 bits per heavy atom. The standard InChI is InChI=1S/C18H28N4/c1-5-19-18(21-16-8-6-7-9-16)20-13-15-10-11-17(22(3)4)12-14(15)2/h6-7,10-12,16H,5,8-9,13H2,1-4H3,(H2,19,20,21). The van der Waals surface area contributed by atoms with Crippen LogP contribution in [-0.2, 0) is 6.54 Å². The molecule has 4 nitrogen and oxygen atoms in total. The number of rotatable bonds is 5. The quantitative estimate of drug-likeness (QED) is 0.499. The van der Waals surface area contributed by atoms with E-state index in [4.69, 9.17) is 4.99 Å². The molecule has 0 radical (unpaired) electrons. The van der Waals surface area contributed by atoms with E-state index in [1.165, 1.54) is 16.8 Å². The van der Waals surface area contributed by atoms with E-state index in [2.05, 4.69) is 73.8 Å². The summed E-state index contributed by atoms with van der Waals surface area (Å²) < 4.78 is 0. The van der Waals surface area contributed by atoms with Crippen LogP contribution in [0.3, 0.4) is 0 Å². The van der Waals surface area contributed by atoms with E-state index in [-0.39, 0.29) is 0 Å². The maximum Gasteiger partial charge on any atom is 0.191 e. The van der Waals surface area contributed by atoms with E-state index in [1.54, 1.807) is 0 Å². The Hall–Kier alpha value is -1.97. The molecule has 1 aliphatic carbocycles. The van der Waals surface area contributed by atoms with Crippen LogP contribution < -0.4 is 15.5 Å². The molecule has 0 spiro atoms. The van der Waals surface area contributed by atoms with Crippen molar-refractivity contribution >= 4 is 11.6 Å². The minimum absolute atomic E-state index is 0.481. The van der Waals surface area contributed by atoms with Crippen molar-refractivity contribution in [2.45, 2.75) is 39.3 Å². The van der Waals surface area contributed by atoms with Gasteiger partial charge >= 0.3 is 0 Å². The fraction of sp³-hybridized carbons (Fsp3) is 0.500. The molecule has 0 saturated heterocycles. The highest BCUT2D eigenvalue weighted by Gasteiger charge is 2.11. The van der Waals surface area contributed by atoms with Gasteiger partial charge in [-0.15, -0.1) is 0 Å². The van der Waals surface area contributed by atoms with E-state index < -0.39 is 0 Å². The van der Waals surface area contributed by atoms with Crippen molar-refractivity contribution in [3.63, 3.8) is 0 Å². The van der Waals surface area contributed by atoms with Crippen LogP contribution in [-0.4, -0.2) is 32.6 Å². The number of guanidine groups is 1. The number of aliphatic imine (C=N–C) groups is 1. The molecule has 22 heavy (non-hydrogen) atoms. The molecular formula is C18H28N4. The summed E-state index contributed by atoms with van der Waals surface area (Å²) in [6, 6.07) is 7.02. The lowest BCUT2D eigenvalue weighted by atomic mass is 10.1. The number of aryl methyl sites for hydroxylation is 1. The molecule has 0 amide bonds. The number of hydrogen-bond donors (Lipinski definition) is 2. The Morgan fingerprint density at radius 2 is 2.00 bits per heavy atom. The van der Waals surface area contributed by atoms with Crippen LogP contribution in [0.2, 0.25) is 0 Å². The summed E-state index contributed by atoms with van der Waals surface area (Å²) in [7, 11) is 4.13. The van der Waals surface area contributed by atoms with Gasteiger partial charge in [0, 0.05) is 32.4 Å². The molecule has 0 fully saturated rings. The normalized spacial score (nSPS) is 15.2. The van der Waals surface area contributed by atoms with Crippen molar-refractivity contribution in [1.82, 2.24) is 10.6 Å². The van der Waals surface area contributed by atoms with E-state index in [0.717, 1.165) is 25.3 Å². The van der Waals surface area contributed by atoms with E-state index in [0.29, 0.717) is 12.6 Å². The minimum Gasteiger partial charge on any atom is -0.378 e. The molecule has 0 aliphatic heterocycles. The molecule has 1 aromatic rings. The summed E-state index contributed by atoms with van der Waals surface area (Å²) in [5.74, 6) is 0.910. The third-order valence-corrected chi connectivity index (χ3v) is 3.94. The second kappa shape index (κ2) is 7.87. The molecule has 0 aromatic heterocycles. The van der Waals surface area contributed by atoms with Gasteiger partial charge in [-0.3, -0.25) is 0 Å². The van der Waals surface area contributed by atoms with Gasteiger partial charge in [-0.05, 0) is 49.9 Å². The molecule has 0 atom stereocenters. The summed E-state index contributed by atoms with van der Waals surface area (Å²) in [5.41, 5.74) is 3.79. The van der Waals surface area contributed by atoms with Gasteiger partial charge in [0.2, 0.25) is 0 Å². The number of hydrogen-bond acceptors (Lipinski definition) is 2. The first-order valence-electron chi connectivity index (χ1n) is 8.07. The van der Waals surface area contributed by atoms with Gasteiger partial charge < -0.3 is 15.5 Å². The first-order chi connectivity index (χ1) is 10.6. The first-order valence-corrected chi connectivity index (χ1v) is 8.07. The lowest BCUT2D eigenvalue weighted by Crippen LogP contribution is -2.42. The van der Waals surface area contributed by atoms with Crippen molar-refractivity contribution in [2.75, 3.05) is 25.5 Å². The summed E-state index contributed by atoms with van der Waals surface area (Å²) in [6.07, 6.45) is 6.62. The van der Waals surface area contributed by atoms with Gasteiger partial charge in [-0.1, -0.05) is 18.2 Å². The zero-order valence-corrected chi connectivity index (χ0v) is 14.2. The van der Waals surface area contributed by atoms with E-state index in [9.17, 15) is 0 Å². The summed E-state index contributed by atoms with van der Waals surface area (Å²) in [6.45, 7) is 5.83. The lowest BCUT2D eigenvalue weighted by Gasteiger charge is -2.17. The molecule has 2 N–H and O–H groups in total. The fourth-order valence-electron chi connectivity index (χ4n) is 2.55. The molecule has 0 saturated carbocycles. The fourth-order valence-corrected chi connectivity index (χ4v) is 2.55. The molecule has 0 unspecified atom stereocenters. The predicted octanol–water partition coefficient (Wildman–Crippen LogP) is 2.83. The third-order valence-electron chi connectivity index (χ3n) is 3.94. The van der Waals surface area contributed by atoms with Crippen LogP contribution in [0.5, 0.6) is 0 Å². The summed E-state index contributed by atoms with van der Waals surface area (Å²) in [5, 5.41) is 6.84. The Balaban J connectivity index is 2.02. The van der Waals surface area contributed by atoms with Gasteiger partial charge in [-0.2, -0.15) is 0 Å². The molecular weight excluding hydrogens is 272 g/mol. The van der Waals surface area contributed by atoms with Gasteiger partial charge in [0.15, 0.2) is 5.96 Å². The number of benzene rings is 1. The number of nitrogens with one attached hydrogen (secondary N) is 2. The maximum atomic E-state index is 4.74. The maximum absolute atomic E-state index is 4.74. The average Bonchev–Trinajstić information content (AvgIpc) is 2.98. The molecule has 1 aromatic carbocycles. The summed E-state index contributed by atoms with van der Waals surface area (Å²) >= 11 is 0.